The molecule has 176 valence electrons. The number of piperidine rings is 1. The van der Waals surface area contributed by atoms with Gasteiger partial charge in [0, 0.05) is 35.2 Å². The number of hydrogen-bond acceptors (Lipinski definition) is 4. The van der Waals surface area contributed by atoms with E-state index in [0.717, 1.165) is 32.4 Å². The Morgan fingerprint density at radius 2 is 1.67 bits per heavy atom. The predicted octanol–water partition coefficient (Wildman–Crippen LogP) is 4.69. The third kappa shape index (κ3) is 6.19. The Morgan fingerprint density at radius 1 is 0.939 bits per heavy atom. The summed E-state index contributed by atoms with van der Waals surface area (Å²) in [5.41, 5.74) is -0.444. The summed E-state index contributed by atoms with van der Waals surface area (Å²) < 4.78 is 12.2. The van der Waals surface area contributed by atoms with Crippen LogP contribution in [-0.2, 0) is 9.53 Å². The fraction of sp³-hybridized carbons (Fsp3) is 0.440. The minimum Gasteiger partial charge on any atom is -0.490 e. The summed E-state index contributed by atoms with van der Waals surface area (Å²) >= 11 is 12.2. The molecule has 2 fully saturated rings. The van der Waals surface area contributed by atoms with Gasteiger partial charge in [-0.15, -0.1) is 0 Å². The predicted molar refractivity (Wildman–Crippen MR) is 128 cm³/mol. The highest BCUT2D eigenvalue weighted by Gasteiger charge is 2.42. The van der Waals surface area contributed by atoms with Crippen LogP contribution in [0.2, 0.25) is 10.0 Å². The molecule has 2 aromatic carbocycles. The molecule has 0 saturated carbocycles. The quantitative estimate of drug-likeness (QED) is 0.589. The molecule has 2 amide bonds. The zero-order chi connectivity index (χ0) is 23.3. The number of likely N-dealkylation sites (tertiary alicyclic amines) is 1. The van der Waals surface area contributed by atoms with Gasteiger partial charge in [-0.1, -0.05) is 35.3 Å². The van der Waals surface area contributed by atoms with Crippen LogP contribution in [0.5, 0.6) is 5.75 Å². The number of hydrogen-bond donors (Lipinski definition) is 0. The Labute approximate surface area is 204 Å². The van der Waals surface area contributed by atoms with E-state index in [2.05, 4.69) is 0 Å². The number of nitrogens with zero attached hydrogens (tertiary/aromatic N) is 2. The number of carbonyl (C=O) groups is 2. The van der Waals surface area contributed by atoms with Gasteiger partial charge >= 0.3 is 0 Å². The zero-order valence-electron chi connectivity index (χ0n) is 18.5. The molecule has 2 aliphatic rings. The van der Waals surface area contributed by atoms with E-state index < -0.39 is 5.60 Å². The van der Waals surface area contributed by atoms with Crippen LogP contribution >= 0.6 is 23.2 Å². The van der Waals surface area contributed by atoms with Crippen LogP contribution in [0.15, 0.2) is 48.5 Å². The van der Waals surface area contributed by atoms with Crippen LogP contribution in [-0.4, -0.2) is 66.6 Å². The van der Waals surface area contributed by atoms with Crippen LogP contribution in [0.1, 0.15) is 36.0 Å². The summed E-state index contributed by atoms with van der Waals surface area (Å²) in [4.78, 5) is 30.0. The molecule has 8 heteroatoms. The molecule has 2 heterocycles. The van der Waals surface area contributed by atoms with Crippen LogP contribution in [0.4, 0.5) is 0 Å². The number of rotatable bonds is 6. The van der Waals surface area contributed by atoms with Crippen LogP contribution in [0.3, 0.4) is 0 Å². The topological polar surface area (TPSA) is 59.1 Å². The molecule has 0 aromatic heterocycles. The van der Waals surface area contributed by atoms with Gasteiger partial charge in [-0.2, -0.15) is 0 Å². The van der Waals surface area contributed by atoms with Crippen molar-refractivity contribution in [2.24, 2.45) is 0 Å². The number of morpholine rings is 1. The van der Waals surface area contributed by atoms with E-state index in [1.165, 1.54) is 0 Å². The molecule has 0 aliphatic carbocycles. The van der Waals surface area contributed by atoms with Crippen LogP contribution < -0.4 is 4.74 Å². The van der Waals surface area contributed by atoms with Crippen molar-refractivity contribution in [2.75, 3.05) is 39.4 Å². The molecular formula is C25H28Cl2N2O4. The second-order valence-electron chi connectivity index (χ2n) is 8.63. The average Bonchev–Trinajstić information content (AvgIpc) is 2.83. The molecule has 0 N–H and O–H groups in total. The minimum absolute atomic E-state index is 0.0291. The third-order valence-electron chi connectivity index (χ3n) is 6.09. The van der Waals surface area contributed by atoms with E-state index in [0.29, 0.717) is 34.5 Å². The lowest BCUT2D eigenvalue weighted by Crippen LogP contribution is -2.58. The van der Waals surface area contributed by atoms with Crippen molar-refractivity contribution >= 4 is 35.0 Å². The van der Waals surface area contributed by atoms with Gasteiger partial charge in [0.1, 0.15) is 18.0 Å². The van der Waals surface area contributed by atoms with Crippen molar-refractivity contribution in [3.63, 3.8) is 0 Å². The highest BCUT2D eigenvalue weighted by molar-refractivity contribution is 6.31. The first-order valence-corrected chi connectivity index (χ1v) is 12.0. The Balaban J connectivity index is 1.53. The summed E-state index contributed by atoms with van der Waals surface area (Å²) in [5, 5.41) is 1.07. The number of halogens is 2. The molecule has 6 nitrogen and oxygen atoms in total. The Morgan fingerprint density at radius 3 is 2.39 bits per heavy atom. The minimum atomic E-state index is -0.955. The van der Waals surface area contributed by atoms with Crippen LogP contribution in [0, 0.1) is 0 Å². The van der Waals surface area contributed by atoms with Crippen molar-refractivity contribution < 1.29 is 19.1 Å². The highest BCUT2D eigenvalue weighted by Crippen LogP contribution is 2.28. The summed E-state index contributed by atoms with van der Waals surface area (Å²) in [5.74, 6) is 0.481. The fourth-order valence-corrected chi connectivity index (χ4v) is 4.74. The molecular weight excluding hydrogens is 463 g/mol. The van der Waals surface area contributed by atoms with Crippen molar-refractivity contribution in [1.82, 2.24) is 9.80 Å². The number of ether oxygens (including phenoxy) is 2. The second-order valence-corrected chi connectivity index (χ2v) is 9.51. The van der Waals surface area contributed by atoms with E-state index in [4.69, 9.17) is 32.7 Å². The van der Waals surface area contributed by atoms with Gasteiger partial charge < -0.3 is 19.3 Å². The standard InChI is InChI=1S/C25H28Cl2N2O4/c26-20-7-4-6-19(14-20)24(31)29-12-13-33-25(17-29,16-23(30)28-10-2-1-3-11-28)18-32-22-9-5-8-21(27)15-22/h4-9,14-15H,1-3,10-13,16-18H2. The summed E-state index contributed by atoms with van der Waals surface area (Å²) in [6, 6.07) is 14.0. The SMILES string of the molecule is O=C(CC1(COc2cccc(Cl)c2)CN(C(=O)c2cccc(Cl)c2)CCO1)N1CCCCC1. The van der Waals surface area contributed by atoms with Gasteiger partial charge in [-0.25, -0.2) is 0 Å². The second kappa shape index (κ2) is 10.8. The van der Waals surface area contributed by atoms with Gasteiger partial charge in [-0.05, 0) is 55.7 Å². The zero-order valence-corrected chi connectivity index (χ0v) is 20.0. The van der Waals surface area contributed by atoms with E-state index in [1.54, 1.807) is 47.4 Å². The molecule has 0 bridgehead atoms. The van der Waals surface area contributed by atoms with Gasteiger partial charge in [-0.3, -0.25) is 9.59 Å². The first-order valence-electron chi connectivity index (χ1n) is 11.3. The molecule has 33 heavy (non-hydrogen) atoms. The lowest BCUT2D eigenvalue weighted by molar-refractivity contribution is -0.153. The van der Waals surface area contributed by atoms with Gasteiger partial charge in [0.15, 0.2) is 0 Å². The Hall–Kier alpha value is -2.28. The Bertz CT molecular complexity index is 996. The third-order valence-corrected chi connectivity index (χ3v) is 6.56. The van der Waals surface area contributed by atoms with Gasteiger partial charge in [0.05, 0.1) is 19.6 Å². The maximum absolute atomic E-state index is 13.2. The van der Waals surface area contributed by atoms with Crippen molar-refractivity contribution in [3.05, 3.63) is 64.1 Å². The molecule has 1 atom stereocenters. The monoisotopic (exact) mass is 490 g/mol. The molecule has 0 radical (unpaired) electrons. The Kier molecular flexibility index (Phi) is 7.78. The molecule has 4 rings (SSSR count). The van der Waals surface area contributed by atoms with E-state index >= 15 is 0 Å². The van der Waals surface area contributed by atoms with E-state index in [1.807, 2.05) is 11.0 Å². The van der Waals surface area contributed by atoms with E-state index in [9.17, 15) is 9.59 Å². The smallest absolute Gasteiger partial charge is 0.254 e. The summed E-state index contributed by atoms with van der Waals surface area (Å²) in [6.07, 6.45) is 3.31. The van der Waals surface area contributed by atoms with Crippen molar-refractivity contribution in [2.45, 2.75) is 31.3 Å². The van der Waals surface area contributed by atoms with Crippen LogP contribution in [0.25, 0.3) is 0 Å². The lowest BCUT2D eigenvalue weighted by Gasteiger charge is -2.43. The maximum atomic E-state index is 13.2. The highest BCUT2D eigenvalue weighted by atomic mass is 35.5. The largest absolute Gasteiger partial charge is 0.490 e. The molecule has 2 aromatic rings. The number of benzene rings is 2. The normalized spacial score (nSPS) is 21.0. The fourth-order valence-electron chi connectivity index (χ4n) is 4.37. The van der Waals surface area contributed by atoms with Crippen molar-refractivity contribution in [1.29, 1.82) is 0 Å². The summed E-state index contributed by atoms with van der Waals surface area (Å²) in [7, 11) is 0. The maximum Gasteiger partial charge on any atom is 0.254 e. The first-order chi connectivity index (χ1) is 15.9. The van der Waals surface area contributed by atoms with Crippen molar-refractivity contribution in [3.8, 4) is 5.75 Å². The number of carbonyl (C=O) groups excluding carboxylic acids is 2. The summed E-state index contributed by atoms with van der Waals surface area (Å²) in [6.45, 7) is 2.65. The number of amides is 2. The average molecular weight is 491 g/mol. The van der Waals surface area contributed by atoms with E-state index in [-0.39, 0.29) is 31.4 Å². The first kappa shape index (κ1) is 23.9. The van der Waals surface area contributed by atoms with Gasteiger partial charge in [0.2, 0.25) is 5.91 Å². The molecule has 2 aliphatic heterocycles. The lowest BCUT2D eigenvalue weighted by atomic mass is 9.95. The van der Waals surface area contributed by atoms with Gasteiger partial charge in [0.25, 0.3) is 5.91 Å². The molecule has 0 spiro atoms. The molecule has 2 saturated heterocycles. The molecule has 1 unspecified atom stereocenters.